The molecule has 8 heavy (non-hydrogen) atoms. The molecule has 2 nitrogen and oxygen atoms in total. The second kappa shape index (κ2) is 3.87. The van der Waals surface area contributed by atoms with Gasteiger partial charge in [0.15, 0.2) is 0 Å². The highest BCUT2D eigenvalue weighted by Gasteiger charge is 1.99. The highest BCUT2D eigenvalue weighted by atomic mass is 16.5. The van der Waals surface area contributed by atoms with Crippen molar-refractivity contribution in [2.45, 2.75) is 39.5 Å². The van der Waals surface area contributed by atoms with Crippen molar-refractivity contribution in [1.82, 2.24) is 0 Å². The second-order valence-corrected chi connectivity index (χ2v) is 2.13. The van der Waals surface area contributed by atoms with Crippen molar-refractivity contribution in [2.75, 3.05) is 0 Å². The fraction of sp³-hybridized carbons (Fsp3) is 1.00. The van der Waals surface area contributed by atoms with Crippen molar-refractivity contribution in [2.24, 2.45) is 5.73 Å². The van der Waals surface area contributed by atoms with Crippen molar-refractivity contribution in [3.8, 4) is 0 Å². The van der Waals surface area contributed by atoms with E-state index in [2.05, 4.69) is 0 Å². The minimum Gasteiger partial charge on any atom is -0.361 e. The molecule has 0 fully saturated rings. The fourth-order valence-corrected chi connectivity index (χ4v) is 0.446. The van der Waals surface area contributed by atoms with Crippen molar-refractivity contribution < 1.29 is 4.74 Å². The lowest BCUT2D eigenvalue weighted by Crippen LogP contribution is -2.25. The van der Waals surface area contributed by atoms with Crippen LogP contribution in [0, 0.1) is 0 Å². The maximum atomic E-state index is 5.45. The minimum atomic E-state index is -0.0741. The van der Waals surface area contributed by atoms with Crippen molar-refractivity contribution in [1.29, 1.82) is 0 Å². The lowest BCUT2D eigenvalue weighted by Gasteiger charge is -2.12. The highest BCUT2D eigenvalue weighted by molar-refractivity contribution is 4.44. The lowest BCUT2D eigenvalue weighted by atomic mass is 10.4. The Morgan fingerprint density at radius 3 is 2.12 bits per heavy atom. The van der Waals surface area contributed by atoms with Crippen LogP contribution in [0.3, 0.4) is 0 Å². The van der Waals surface area contributed by atoms with E-state index in [0.717, 1.165) is 6.42 Å². The molecule has 50 valence electrons. The topological polar surface area (TPSA) is 35.2 Å². The van der Waals surface area contributed by atoms with Gasteiger partial charge in [0.05, 0.1) is 6.10 Å². The summed E-state index contributed by atoms with van der Waals surface area (Å²) in [6, 6.07) is 0. The number of nitrogens with two attached hydrogens (primary N) is 1. The molecule has 2 heteroatoms. The maximum Gasteiger partial charge on any atom is 0.105 e. The molecule has 0 aromatic rings. The molecule has 0 heterocycles. The van der Waals surface area contributed by atoms with Crippen LogP contribution in [0.15, 0.2) is 0 Å². The number of hydrogen-bond donors (Lipinski definition) is 1. The van der Waals surface area contributed by atoms with E-state index in [1.165, 1.54) is 0 Å². The van der Waals surface area contributed by atoms with E-state index in [1.54, 1.807) is 0 Å². The van der Waals surface area contributed by atoms with Gasteiger partial charge in [-0.2, -0.15) is 0 Å². The Hall–Kier alpha value is -0.0800. The molecule has 2 N–H and O–H groups in total. The quantitative estimate of drug-likeness (QED) is 0.562. The van der Waals surface area contributed by atoms with E-state index in [0.29, 0.717) is 0 Å². The standard InChI is InChI=1S/C6H15NO/c1-4-6(7)8-5(2)3/h5-6H,4,7H2,1-3H3. The summed E-state index contributed by atoms with van der Waals surface area (Å²) in [5.41, 5.74) is 5.45. The summed E-state index contributed by atoms with van der Waals surface area (Å²) in [6.45, 7) is 5.97. The van der Waals surface area contributed by atoms with Gasteiger partial charge in [-0.1, -0.05) is 6.92 Å². The molecular formula is C6H15NO. The molecule has 1 atom stereocenters. The van der Waals surface area contributed by atoms with E-state index in [-0.39, 0.29) is 12.3 Å². The van der Waals surface area contributed by atoms with E-state index in [9.17, 15) is 0 Å². The van der Waals surface area contributed by atoms with Crippen LogP contribution in [-0.4, -0.2) is 12.3 Å². The van der Waals surface area contributed by atoms with Crippen LogP contribution in [0.4, 0.5) is 0 Å². The van der Waals surface area contributed by atoms with Gasteiger partial charge in [0.1, 0.15) is 6.23 Å². The normalized spacial score (nSPS) is 14.6. The van der Waals surface area contributed by atoms with E-state index in [1.807, 2.05) is 20.8 Å². The molecule has 0 rings (SSSR count). The minimum absolute atomic E-state index is 0.0741. The van der Waals surface area contributed by atoms with E-state index in [4.69, 9.17) is 10.5 Å². The van der Waals surface area contributed by atoms with Crippen LogP contribution in [0.25, 0.3) is 0 Å². The van der Waals surface area contributed by atoms with Crippen LogP contribution < -0.4 is 5.73 Å². The molecule has 0 aromatic carbocycles. The van der Waals surface area contributed by atoms with Crippen LogP contribution in [-0.2, 0) is 4.74 Å². The molecule has 0 bridgehead atoms. The van der Waals surface area contributed by atoms with Gasteiger partial charge in [-0.05, 0) is 20.3 Å². The first-order chi connectivity index (χ1) is 3.66. The molecule has 0 aliphatic heterocycles. The summed E-state index contributed by atoms with van der Waals surface area (Å²) in [6.07, 6.45) is 1.07. The summed E-state index contributed by atoms with van der Waals surface area (Å²) in [5, 5.41) is 0. The Morgan fingerprint density at radius 2 is 2.00 bits per heavy atom. The van der Waals surface area contributed by atoms with E-state index < -0.39 is 0 Å². The third kappa shape index (κ3) is 4.09. The Morgan fingerprint density at radius 1 is 1.50 bits per heavy atom. The molecule has 0 spiro atoms. The smallest absolute Gasteiger partial charge is 0.105 e. The first-order valence-corrected chi connectivity index (χ1v) is 3.07. The molecule has 0 aliphatic rings. The summed E-state index contributed by atoms with van der Waals surface area (Å²) < 4.78 is 5.18. The van der Waals surface area contributed by atoms with Crippen LogP contribution in [0.2, 0.25) is 0 Å². The SMILES string of the molecule is CCC(N)OC(C)C. The molecule has 0 saturated carbocycles. The average molecular weight is 117 g/mol. The van der Waals surface area contributed by atoms with Gasteiger partial charge in [0.2, 0.25) is 0 Å². The van der Waals surface area contributed by atoms with Crippen molar-refractivity contribution >= 4 is 0 Å². The van der Waals surface area contributed by atoms with Crippen LogP contribution in [0.1, 0.15) is 27.2 Å². The molecule has 0 aromatic heterocycles. The number of rotatable bonds is 3. The van der Waals surface area contributed by atoms with Gasteiger partial charge in [0.25, 0.3) is 0 Å². The zero-order chi connectivity index (χ0) is 6.57. The number of hydrogen-bond acceptors (Lipinski definition) is 2. The molecule has 0 saturated heterocycles. The predicted octanol–water partition coefficient (Wildman–Crippen LogP) is 1.11. The van der Waals surface area contributed by atoms with E-state index >= 15 is 0 Å². The monoisotopic (exact) mass is 117 g/mol. The highest BCUT2D eigenvalue weighted by Crippen LogP contribution is 1.94. The Bertz CT molecular complexity index is 54.5. The van der Waals surface area contributed by atoms with Crippen LogP contribution >= 0.6 is 0 Å². The van der Waals surface area contributed by atoms with Gasteiger partial charge in [0, 0.05) is 0 Å². The summed E-state index contributed by atoms with van der Waals surface area (Å²) in [4.78, 5) is 0. The largest absolute Gasteiger partial charge is 0.361 e. The first kappa shape index (κ1) is 7.92. The third-order valence-electron chi connectivity index (χ3n) is 0.849. The zero-order valence-electron chi connectivity index (χ0n) is 5.85. The Kier molecular flexibility index (Phi) is 3.83. The van der Waals surface area contributed by atoms with Gasteiger partial charge < -0.3 is 10.5 Å². The van der Waals surface area contributed by atoms with Crippen molar-refractivity contribution in [3.63, 3.8) is 0 Å². The third-order valence-corrected chi connectivity index (χ3v) is 0.849. The fourth-order valence-electron chi connectivity index (χ4n) is 0.446. The molecule has 1 unspecified atom stereocenters. The van der Waals surface area contributed by atoms with Gasteiger partial charge >= 0.3 is 0 Å². The summed E-state index contributed by atoms with van der Waals surface area (Å²) >= 11 is 0. The summed E-state index contributed by atoms with van der Waals surface area (Å²) in [5.74, 6) is 0. The molecular weight excluding hydrogens is 102 g/mol. The Balaban J connectivity index is 3.10. The molecule has 0 amide bonds. The van der Waals surface area contributed by atoms with Gasteiger partial charge in [-0.15, -0.1) is 0 Å². The molecule has 0 radical (unpaired) electrons. The zero-order valence-corrected chi connectivity index (χ0v) is 5.85. The second-order valence-electron chi connectivity index (χ2n) is 2.13. The number of ether oxygens (including phenoxy) is 1. The predicted molar refractivity (Wildman–Crippen MR) is 34.5 cm³/mol. The van der Waals surface area contributed by atoms with Crippen molar-refractivity contribution in [3.05, 3.63) is 0 Å². The molecule has 0 aliphatic carbocycles. The van der Waals surface area contributed by atoms with Gasteiger partial charge in [-0.3, -0.25) is 0 Å². The Labute approximate surface area is 51.0 Å². The lowest BCUT2D eigenvalue weighted by molar-refractivity contribution is 0.00994. The first-order valence-electron chi connectivity index (χ1n) is 3.07. The van der Waals surface area contributed by atoms with Crippen LogP contribution in [0.5, 0.6) is 0 Å². The van der Waals surface area contributed by atoms with Gasteiger partial charge in [-0.25, -0.2) is 0 Å². The summed E-state index contributed by atoms with van der Waals surface area (Å²) in [7, 11) is 0. The maximum absolute atomic E-state index is 5.45. The average Bonchev–Trinajstić information content (AvgIpc) is 1.65.